The summed E-state index contributed by atoms with van der Waals surface area (Å²) in [6.07, 6.45) is 2.25. The van der Waals surface area contributed by atoms with Crippen LogP contribution in [-0.4, -0.2) is 30.4 Å². The molecule has 1 amide bonds. The second kappa shape index (κ2) is 5.97. The summed E-state index contributed by atoms with van der Waals surface area (Å²) in [4.78, 5) is 13.0. The zero-order chi connectivity index (χ0) is 9.56. The van der Waals surface area contributed by atoms with Crippen LogP contribution in [0.4, 0.5) is 0 Å². The van der Waals surface area contributed by atoms with E-state index in [1.807, 2.05) is 18.9 Å². The van der Waals surface area contributed by atoms with Crippen LogP contribution in [0.25, 0.3) is 0 Å². The van der Waals surface area contributed by atoms with Gasteiger partial charge in [0.25, 0.3) is 5.91 Å². The van der Waals surface area contributed by atoms with Crippen molar-refractivity contribution in [2.75, 3.05) is 13.6 Å². The molecule has 12 heavy (non-hydrogen) atoms. The Bertz CT molecular complexity index is 138. The summed E-state index contributed by atoms with van der Waals surface area (Å²) in [5.74, 6) is 4.88. The summed E-state index contributed by atoms with van der Waals surface area (Å²) in [6.45, 7) is 4.91. The molecule has 0 heterocycles. The van der Waals surface area contributed by atoms with E-state index in [9.17, 15) is 4.79 Å². The Kier molecular flexibility index (Phi) is 5.66. The maximum absolute atomic E-state index is 11.0. The maximum Gasteiger partial charge on any atom is 0.250 e. The molecule has 0 rings (SSSR count). The van der Waals surface area contributed by atoms with Gasteiger partial charge in [-0.2, -0.15) is 0 Å². The zero-order valence-electron chi connectivity index (χ0n) is 8.13. The molecule has 1 atom stereocenters. The highest BCUT2D eigenvalue weighted by molar-refractivity contribution is 5.80. The van der Waals surface area contributed by atoms with Crippen LogP contribution >= 0.6 is 0 Å². The number of hydrogen-bond acceptors (Lipinski definition) is 3. The number of nitrogens with two attached hydrogens (primary N) is 1. The van der Waals surface area contributed by atoms with Gasteiger partial charge in [0.1, 0.15) is 0 Å². The van der Waals surface area contributed by atoms with Gasteiger partial charge in [-0.15, -0.1) is 0 Å². The number of carbonyl (C=O) groups is 1. The van der Waals surface area contributed by atoms with E-state index in [4.69, 9.17) is 5.84 Å². The number of rotatable bonds is 5. The molecule has 0 spiro atoms. The number of amides is 1. The minimum Gasteiger partial charge on any atom is -0.295 e. The van der Waals surface area contributed by atoms with E-state index in [-0.39, 0.29) is 11.9 Å². The summed E-state index contributed by atoms with van der Waals surface area (Å²) in [7, 11) is 1.93. The predicted molar refractivity (Wildman–Crippen MR) is 49.3 cm³/mol. The van der Waals surface area contributed by atoms with Crippen LogP contribution < -0.4 is 11.3 Å². The molecule has 4 nitrogen and oxygen atoms in total. The fraction of sp³-hybridized carbons (Fsp3) is 0.875. The second-order valence-electron chi connectivity index (χ2n) is 3.02. The van der Waals surface area contributed by atoms with Crippen molar-refractivity contribution in [3.63, 3.8) is 0 Å². The maximum atomic E-state index is 11.0. The van der Waals surface area contributed by atoms with Crippen molar-refractivity contribution in [3.8, 4) is 0 Å². The Balaban J connectivity index is 3.75. The van der Waals surface area contributed by atoms with Crippen molar-refractivity contribution in [1.82, 2.24) is 10.3 Å². The second-order valence-corrected chi connectivity index (χ2v) is 3.02. The third-order valence-electron chi connectivity index (χ3n) is 2.05. The zero-order valence-corrected chi connectivity index (χ0v) is 8.13. The Morgan fingerprint density at radius 3 is 2.67 bits per heavy atom. The average molecular weight is 173 g/mol. The van der Waals surface area contributed by atoms with Gasteiger partial charge in [-0.1, -0.05) is 13.3 Å². The largest absolute Gasteiger partial charge is 0.295 e. The minimum atomic E-state index is -0.137. The number of hydrazine groups is 1. The highest BCUT2D eigenvalue weighted by atomic mass is 16.2. The van der Waals surface area contributed by atoms with Gasteiger partial charge in [0.05, 0.1) is 6.04 Å². The predicted octanol–water partition coefficient (Wildman–Crippen LogP) is 0.0967. The van der Waals surface area contributed by atoms with E-state index in [1.54, 1.807) is 0 Å². The normalized spacial score (nSPS) is 13.1. The van der Waals surface area contributed by atoms with E-state index in [0.717, 1.165) is 19.4 Å². The van der Waals surface area contributed by atoms with Gasteiger partial charge >= 0.3 is 0 Å². The molecule has 3 N–H and O–H groups in total. The topological polar surface area (TPSA) is 58.4 Å². The first-order chi connectivity index (χ1) is 5.63. The standard InChI is InChI=1S/C8H19N3O/c1-4-5-6-11(3)7(2)8(12)10-9/h7H,4-6,9H2,1-3H3,(H,10,12). The quantitative estimate of drug-likeness (QED) is 0.352. The van der Waals surface area contributed by atoms with Gasteiger partial charge in [-0.05, 0) is 26.9 Å². The summed E-state index contributed by atoms with van der Waals surface area (Å²) in [5.41, 5.74) is 2.14. The molecular weight excluding hydrogens is 154 g/mol. The first-order valence-electron chi connectivity index (χ1n) is 4.34. The molecule has 0 radical (unpaired) electrons. The van der Waals surface area contributed by atoms with E-state index in [0.29, 0.717) is 0 Å². The molecule has 0 aliphatic rings. The van der Waals surface area contributed by atoms with Crippen molar-refractivity contribution in [2.45, 2.75) is 32.7 Å². The molecule has 1 unspecified atom stereocenters. The molecule has 0 aliphatic heterocycles. The summed E-state index contributed by atoms with van der Waals surface area (Å²) >= 11 is 0. The van der Waals surface area contributed by atoms with Crippen molar-refractivity contribution >= 4 is 5.91 Å². The summed E-state index contributed by atoms with van der Waals surface area (Å²) in [5, 5.41) is 0. The molecule has 0 aromatic carbocycles. The third-order valence-corrected chi connectivity index (χ3v) is 2.05. The number of likely N-dealkylation sites (N-methyl/N-ethyl adjacent to an activating group) is 1. The number of unbranched alkanes of at least 4 members (excludes halogenated alkanes) is 1. The van der Waals surface area contributed by atoms with E-state index in [1.165, 1.54) is 0 Å². The molecule has 0 fully saturated rings. The third kappa shape index (κ3) is 3.69. The molecular formula is C8H19N3O. The van der Waals surface area contributed by atoms with Crippen LogP contribution in [0, 0.1) is 0 Å². The minimum absolute atomic E-state index is 0.131. The Morgan fingerprint density at radius 1 is 1.67 bits per heavy atom. The van der Waals surface area contributed by atoms with Crippen molar-refractivity contribution in [3.05, 3.63) is 0 Å². The van der Waals surface area contributed by atoms with Gasteiger partial charge in [0, 0.05) is 0 Å². The van der Waals surface area contributed by atoms with Crippen LogP contribution in [-0.2, 0) is 4.79 Å². The van der Waals surface area contributed by atoms with Gasteiger partial charge in [-0.3, -0.25) is 15.1 Å². The molecule has 0 bridgehead atoms. The smallest absolute Gasteiger partial charge is 0.250 e. The van der Waals surface area contributed by atoms with E-state index in [2.05, 4.69) is 12.3 Å². The number of carbonyl (C=O) groups excluding carboxylic acids is 1. The first kappa shape index (κ1) is 11.4. The van der Waals surface area contributed by atoms with Crippen molar-refractivity contribution < 1.29 is 4.79 Å². The SMILES string of the molecule is CCCCN(C)C(C)C(=O)NN. The van der Waals surface area contributed by atoms with Gasteiger partial charge < -0.3 is 0 Å². The monoisotopic (exact) mass is 173 g/mol. The van der Waals surface area contributed by atoms with Crippen LogP contribution in [0.5, 0.6) is 0 Å². The Hall–Kier alpha value is -0.610. The number of hydrogen-bond donors (Lipinski definition) is 2. The molecule has 0 saturated heterocycles. The molecule has 72 valence electrons. The fourth-order valence-electron chi connectivity index (χ4n) is 0.922. The molecule has 0 aromatic heterocycles. The first-order valence-corrected chi connectivity index (χ1v) is 4.34. The summed E-state index contributed by atoms with van der Waals surface area (Å²) < 4.78 is 0. The highest BCUT2D eigenvalue weighted by Gasteiger charge is 2.15. The van der Waals surface area contributed by atoms with Crippen LogP contribution in [0.15, 0.2) is 0 Å². The lowest BCUT2D eigenvalue weighted by Gasteiger charge is -2.22. The highest BCUT2D eigenvalue weighted by Crippen LogP contribution is 1.98. The number of nitrogens with one attached hydrogen (secondary N) is 1. The lowest BCUT2D eigenvalue weighted by Crippen LogP contribution is -2.46. The lowest BCUT2D eigenvalue weighted by molar-refractivity contribution is -0.125. The fourth-order valence-corrected chi connectivity index (χ4v) is 0.922. The summed E-state index contributed by atoms with van der Waals surface area (Å²) in [6, 6.07) is -0.137. The van der Waals surface area contributed by atoms with Crippen LogP contribution in [0.2, 0.25) is 0 Å². The molecule has 0 saturated carbocycles. The van der Waals surface area contributed by atoms with Gasteiger partial charge in [0.2, 0.25) is 0 Å². The molecule has 0 aromatic rings. The number of nitrogens with zero attached hydrogens (tertiary/aromatic N) is 1. The molecule has 4 heteroatoms. The molecule has 0 aliphatic carbocycles. The Labute approximate surface area is 74.1 Å². The average Bonchev–Trinajstić information content (AvgIpc) is 2.11. The van der Waals surface area contributed by atoms with Crippen LogP contribution in [0.3, 0.4) is 0 Å². The van der Waals surface area contributed by atoms with Crippen molar-refractivity contribution in [1.29, 1.82) is 0 Å². The van der Waals surface area contributed by atoms with Crippen molar-refractivity contribution in [2.24, 2.45) is 5.84 Å². The van der Waals surface area contributed by atoms with Gasteiger partial charge in [-0.25, -0.2) is 5.84 Å². The lowest BCUT2D eigenvalue weighted by atomic mass is 10.2. The Morgan fingerprint density at radius 2 is 2.25 bits per heavy atom. The van der Waals surface area contributed by atoms with E-state index >= 15 is 0 Å². The van der Waals surface area contributed by atoms with Crippen LogP contribution in [0.1, 0.15) is 26.7 Å². The van der Waals surface area contributed by atoms with Gasteiger partial charge in [0.15, 0.2) is 0 Å². The van der Waals surface area contributed by atoms with E-state index < -0.39 is 0 Å².